The van der Waals surface area contributed by atoms with Crippen LogP contribution in [0, 0.1) is 0 Å². The molecular weight excluding hydrogens is 210 g/mol. The maximum atomic E-state index is 5.68. The summed E-state index contributed by atoms with van der Waals surface area (Å²) in [5.41, 5.74) is 8.73. The van der Waals surface area contributed by atoms with Crippen LogP contribution in [0.5, 0.6) is 0 Å². The van der Waals surface area contributed by atoms with Crippen LogP contribution in [0.1, 0.15) is 18.5 Å². The molecule has 1 aromatic heterocycles. The van der Waals surface area contributed by atoms with E-state index < -0.39 is 0 Å². The molecular formula is C14H15N3. The van der Waals surface area contributed by atoms with E-state index in [1.165, 1.54) is 0 Å². The van der Waals surface area contributed by atoms with Crippen LogP contribution in [0.2, 0.25) is 0 Å². The second-order valence-corrected chi connectivity index (χ2v) is 4.54. The number of nitrogens with one attached hydrogen (secondary N) is 1. The molecule has 86 valence electrons. The van der Waals surface area contributed by atoms with Crippen molar-refractivity contribution in [1.82, 2.24) is 4.98 Å². The first-order valence-corrected chi connectivity index (χ1v) is 5.84. The molecule has 1 fully saturated rings. The fraction of sp³-hybridized carbons (Fsp3) is 0.214. The van der Waals surface area contributed by atoms with Gasteiger partial charge >= 0.3 is 0 Å². The smallest absolute Gasteiger partial charge is 0.0797 e. The minimum absolute atomic E-state index is 0.0391. The van der Waals surface area contributed by atoms with Crippen molar-refractivity contribution in [2.75, 3.05) is 11.1 Å². The number of hydrogen-bond donors (Lipinski definition) is 2. The first-order chi connectivity index (χ1) is 8.28. The van der Waals surface area contributed by atoms with Gasteiger partial charge in [-0.15, -0.1) is 0 Å². The molecule has 0 saturated heterocycles. The van der Waals surface area contributed by atoms with Crippen LogP contribution >= 0.6 is 0 Å². The van der Waals surface area contributed by atoms with E-state index >= 15 is 0 Å². The second-order valence-electron chi connectivity index (χ2n) is 4.54. The molecule has 0 aliphatic heterocycles. The standard InChI is InChI=1S/C14H15N3/c15-11-4-6-12(7-5-11)17-14(8-9-14)13-3-1-2-10-16-13/h1-7,10,17H,8-9,15H2. The Morgan fingerprint density at radius 1 is 1.06 bits per heavy atom. The summed E-state index contributed by atoms with van der Waals surface area (Å²) in [5.74, 6) is 0. The molecule has 3 nitrogen and oxygen atoms in total. The number of benzene rings is 1. The number of rotatable bonds is 3. The molecule has 3 heteroatoms. The lowest BCUT2D eigenvalue weighted by Gasteiger charge is -2.18. The third-order valence-electron chi connectivity index (χ3n) is 3.20. The Morgan fingerprint density at radius 3 is 2.41 bits per heavy atom. The first kappa shape index (κ1) is 10.1. The van der Waals surface area contributed by atoms with Gasteiger partial charge in [0.2, 0.25) is 0 Å². The van der Waals surface area contributed by atoms with Crippen molar-refractivity contribution < 1.29 is 0 Å². The van der Waals surface area contributed by atoms with E-state index in [9.17, 15) is 0 Å². The Labute approximate surface area is 101 Å². The average molecular weight is 225 g/mol. The molecule has 0 amide bonds. The van der Waals surface area contributed by atoms with Crippen molar-refractivity contribution in [3.8, 4) is 0 Å². The monoisotopic (exact) mass is 225 g/mol. The topological polar surface area (TPSA) is 50.9 Å². The molecule has 17 heavy (non-hydrogen) atoms. The zero-order chi connectivity index (χ0) is 11.7. The molecule has 1 saturated carbocycles. The Hall–Kier alpha value is -2.03. The van der Waals surface area contributed by atoms with Gasteiger partial charge in [-0.2, -0.15) is 0 Å². The number of nitrogen functional groups attached to an aromatic ring is 1. The SMILES string of the molecule is Nc1ccc(NC2(c3ccccn3)CC2)cc1. The van der Waals surface area contributed by atoms with E-state index in [4.69, 9.17) is 5.73 Å². The van der Waals surface area contributed by atoms with Gasteiger partial charge in [-0.3, -0.25) is 4.98 Å². The number of aromatic nitrogens is 1. The zero-order valence-electron chi connectivity index (χ0n) is 9.56. The summed E-state index contributed by atoms with van der Waals surface area (Å²) in [5, 5.41) is 3.55. The highest BCUT2D eigenvalue weighted by molar-refractivity contribution is 5.54. The van der Waals surface area contributed by atoms with Gasteiger partial charge in [-0.1, -0.05) is 6.07 Å². The fourth-order valence-electron chi connectivity index (χ4n) is 2.06. The molecule has 3 rings (SSSR count). The third kappa shape index (κ3) is 1.96. The van der Waals surface area contributed by atoms with Crippen LogP contribution in [0.25, 0.3) is 0 Å². The highest BCUT2D eigenvalue weighted by Gasteiger charge is 2.45. The lowest BCUT2D eigenvalue weighted by Crippen LogP contribution is -2.19. The second kappa shape index (κ2) is 3.77. The Kier molecular flexibility index (Phi) is 2.25. The summed E-state index contributed by atoms with van der Waals surface area (Å²) < 4.78 is 0. The van der Waals surface area contributed by atoms with Crippen LogP contribution in [0.4, 0.5) is 11.4 Å². The van der Waals surface area contributed by atoms with Crippen LogP contribution in [0.3, 0.4) is 0 Å². The maximum Gasteiger partial charge on any atom is 0.0797 e. The Bertz CT molecular complexity index is 501. The molecule has 1 aliphatic rings. The predicted molar refractivity (Wildman–Crippen MR) is 69.6 cm³/mol. The van der Waals surface area contributed by atoms with Crippen molar-refractivity contribution in [3.63, 3.8) is 0 Å². The first-order valence-electron chi connectivity index (χ1n) is 5.84. The lowest BCUT2D eigenvalue weighted by molar-refractivity contribution is 0.769. The van der Waals surface area contributed by atoms with Gasteiger partial charge in [-0.25, -0.2) is 0 Å². The molecule has 1 aliphatic carbocycles. The average Bonchev–Trinajstić information content (AvgIpc) is 3.15. The van der Waals surface area contributed by atoms with Gasteiger partial charge in [0.15, 0.2) is 0 Å². The van der Waals surface area contributed by atoms with Gasteiger partial charge in [0, 0.05) is 17.6 Å². The largest absolute Gasteiger partial charge is 0.399 e. The van der Waals surface area contributed by atoms with Gasteiger partial charge in [0.1, 0.15) is 0 Å². The Balaban J connectivity index is 1.83. The molecule has 1 heterocycles. The molecule has 0 atom stereocenters. The van der Waals surface area contributed by atoms with E-state index in [0.717, 1.165) is 29.9 Å². The van der Waals surface area contributed by atoms with Gasteiger partial charge in [0.05, 0.1) is 11.2 Å². The molecule has 0 radical (unpaired) electrons. The quantitative estimate of drug-likeness (QED) is 0.790. The van der Waals surface area contributed by atoms with E-state index in [1.54, 1.807) is 0 Å². The zero-order valence-corrected chi connectivity index (χ0v) is 9.56. The summed E-state index contributed by atoms with van der Waals surface area (Å²) >= 11 is 0. The summed E-state index contributed by atoms with van der Waals surface area (Å²) in [6, 6.07) is 13.9. The summed E-state index contributed by atoms with van der Waals surface area (Å²) in [4.78, 5) is 4.44. The molecule has 2 aromatic rings. The number of hydrogen-bond acceptors (Lipinski definition) is 3. The van der Waals surface area contributed by atoms with Crippen LogP contribution < -0.4 is 11.1 Å². The van der Waals surface area contributed by atoms with Crippen molar-refractivity contribution in [2.24, 2.45) is 0 Å². The van der Waals surface area contributed by atoms with Crippen LogP contribution in [0.15, 0.2) is 48.7 Å². The molecule has 3 N–H and O–H groups in total. The van der Waals surface area contributed by atoms with E-state index in [2.05, 4.69) is 16.4 Å². The number of anilines is 2. The summed E-state index contributed by atoms with van der Waals surface area (Å²) in [7, 11) is 0. The molecule has 0 unspecified atom stereocenters. The summed E-state index contributed by atoms with van der Waals surface area (Å²) in [6.45, 7) is 0. The highest BCUT2D eigenvalue weighted by Crippen LogP contribution is 2.47. The van der Waals surface area contributed by atoms with E-state index in [0.29, 0.717) is 0 Å². The van der Waals surface area contributed by atoms with Crippen LogP contribution in [-0.4, -0.2) is 4.98 Å². The van der Waals surface area contributed by atoms with Crippen molar-refractivity contribution >= 4 is 11.4 Å². The minimum Gasteiger partial charge on any atom is -0.399 e. The van der Waals surface area contributed by atoms with Crippen molar-refractivity contribution in [1.29, 1.82) is 0 Å². The van der Waals surface area contributed by atoms with Gasteiger partial charge in [-0.05, 0) is 49.2 Å². The van der Waals surface area contributed by atoms with Gasteiger partial charge in [0.25, 0.3) is 0 Å². The lowest BCUT2D eigenvalue weighted by atomic mass is 10.1. The summed E-state index contributed by atoms with van der Waals surface area (Å²) in [6.07, 6.45) is 4.11. The molecule has 0 spiro atoms. The van der Waals surface area contributed by atoms with Gasteiger partial charge < -0.3 is 11.1 Å². The number of nitrogens with two attached hydrogens (primary N) is 1. The van der Waals surface area contributed by atoms with Crippen molar-refractivity contribution in [2.45, 2.75) is 18.4 Å². The predicted octanol–water partition coefficient (Wildman–Crippen LogP) is 2.77. The molecule has 1 aromatic carbocycles. The maximum absolute atomic E-state index is 5.68. The molecule has 0 bridgehead atoms. The third-order valence-corrected chi connectivity index (χ3v) is 3.20. The number of nitrogens with zero attached hydrogens (tertiary/aromatic N) is 1. The normalized spacial score (nSPS) is 16.5. The van der Waals surface area contributed by atoms with E-state index in [1.807, 2.05) is 42.6 Å². The number of pyridine rings is 1. The Morgan fingerprint density at radius 2 is 1.82 bits per heavy atom. The fourth-order valence-corrected chi connectivity index (χ4v) is 2.06. The van der Waals surface area contributed by atoms with Crippen LogP contribution in [-0.2, 0) is 5.54 Å². The van der Waals surface area contributed by atoms with Crippen molar-refractivity contribution in [3.05, 3.63) is 54.4 Å². The minimum atomic E-state index is 0.0391. The van der Waals surface area contributed by atoms with E-state index in [-0.39, 0.29) is 5.54 Å². The highest BCUT2D eigenvalue weighted by atomic mass is 15.1.